The van der Waals surface area contributed by atoms with Crippen LogP contribution in [-0.2, 0) is 4.79 Å². The molecule has 1 fully saturated rings. The average molecular weight is 369 g/mol. The van der Waals surface area contributed by atoms with Crippen LogP contribution in [0.5, 0.6) is 0 Å². The van der Waals surface area contributed by atoms with Crippen LogP contribution in [0.25, 0.3) is 16.5 Å². The minimum absolute atomic E-state index is 0.0145. The minimum atomic E-state index is -0.187. The molecule has 0 bridgehead atoms. The zero-order chi connectivity index (χ0) is 19.7. The largest absolute Gasteiger partial charge is 0.506 e. The first kappa shape index (κ1) is 18.2. The van der Waals surface area contributed by atoms with Crippen LogP contribution in [0, 0.1) is 5.41 Å². The molecular weight excluding hydrogens is 346 g/mol. The molecule has 3 nitrogen and oxygen atoms in total. The van der Waals surface area contributed by atoms with Gasteiger partial charge in [-0.15, -0.1) is 0 Å². The Morgan fingerprint density at radius 1 is 0.893 bits per heavy atom. The fourth-order valence-electron chi connectivity index (χ4n) is 3.79. The summed E-state index contributed by atoms with van der Waals surface area (Å²) in [7, 11) is 0. The predicted octanol–water partition coefficient (Wildman–Crippen LogP) is 6.27. The van der Waals surface area contributed by atoms with Gasteiger partial charge in [0.05, 0.1) is 17.0 Å². The van der Waals surface area contributed by atoms with E-state index in [-0.39, 0.29) is 17.0 Å². The summed E-state index contributed by atoms with van der Waals surface area (Å²) in [5, 5.41) is 13.1. The van der Waals surface area contributed by atoms with Crippen LogP contribution in [0.15, 0.2) is 83.4 Å². The number of fused-ring (bicyclic) bond motifs is 1. The third kappa shape index (κ3) is 3.61. The number of benzene rings is 3. The van der Waals surface area contributed by atoms with E-state index in [0.29, 0.717) is 29.7 Å². The number of aliphatic hydroxyl groups excluding tert-OH is 1. The molecule has 3 aromatic carbocycles. The second-order valence-corrected chi connectivity index (χ2v) is 8.12. The third-order valence-electron chi connectivity index (χ3n) is 5.13. The van der Waals surface area contributed by atoms with E-state index in [1.54, 1.807) is 0 Å². The van der Waals surface area contributed by atoms with E-state index < -0.39 is 0 Å². The van der Waals surface area contributed by atoms with Crippen molar-refractivity contribution >= 4 is 33.7 Å². The molecule has 1 aliphatic rings. The van der Waals surface area contributed by atoms with E-state index in [0.717, 1.165) is 16.5 Å². The molecule has 0 atom stereocenters. The van der Waals surface area contributed by atoms with Crippen molar-refractivity contribution in [2.75, 3.05) is 0 Å². The summed E-state index contributed by atoms with van der Waals surface area (Å²) >= 11 is 0. The lowest BCUT2D eigenvalue weighted by Gasteiger charge is -2.31. The molecule has 0 spiro atoms. The summed E-state index contributed by atoms with van der Waals surface area (Å²) < 4.78 is 0. The Balaban J connectivity index is 1.86. The molecule has 0 aromatic heterocycles. The van der Waals surface area contributed by atoms with Gasteiger partial charge in [0, 0.05) is 12.0 Å². The number of Topliss-reactive ketones (excluding diaryl/α,β-unsaturated/α-hetero) is 1. The van der Waals surface area contributed by atoms with Gasteiger partial charge in [-0.25, -0.2) is 0 Å². The second-order valence-electron chi connectivity index (χ2n) is 8.12. The molecule has 0 amide bonds. The van der Waals surface area contributed by atoms with Crippen molar-refractivity contribution in [3.05, 3.63) is 83.9 Å². The monoisotopic (exact) mass is 369 g/mol. The van der Waals surface area contributed by atoms with Crippen molar-refractivity contribution < 1.29 is 9.90 Å². The molecule has 0 saturated heterocycles. The van der Waals surface area contributed by atoms with Crippen molar-refractivity contribution in [1.29, 1.82) is 0 Å². The Kier molecular flexibility index (Phi) is 4.60. The van der Waals surface area contributed by atoms with Gasteiger partial charge in [0.25, 0.3) is 0 Å². The quantitative estimate of drug-likeness (QED) is 0.427. The number of hydrogen-bond donors (Lipinski definition) is 1. The van der Waals surface area contributed by atoms with Crippen molar-refractivity contribution in [2.45, 2.75) is 26.7 Å². The standard InChI is InChI=1S/C25H23NO2/c1-25(2)15-21(26-20-13-12-17-8-6-7-11-19(17)14-20)23(22(27)16-25)24(28)18-9-4-3-5-10-18/h3-14,28H,15-16H2,1-2H3. The summed E-state index contributed by atoms with van der Waals surface area (Å²) in [5.41, 5.74) is 2.23. The van der Waals surface area contributed by atoms with E-state index in [1.165, 1.54) is 0 Å². The lowest BCUT2D eigenvalue weighted by Crippen LogP contribution is -2.32. The Hall–Kier alpha value is -3.20. The Bertz CT molecular complexity index is 1110. The molecule has 1 saturated carbocycles. The maximum absolute atomic E-state index is 12.9. The first-order valence-electron chi connectivity index (χ1n) is 9.52. The van der Waals surface area contributed by atoms with E-state index in [4.69, 9.17) is 4.99 Å². The third-order valence-corrected chi connectivity index (χ3v) is 5.13. The summed E-state index contributed by atoms with van der Waals surface area (Å²) in [6.45, 7) is 4.13. The van der Waals surface area contributed by atoms with E-state index in [9.17, 15) is 9.90 Å². The maximum atomic E-state index is 12.9. The molecule has 0 aliphatic heterocycles. The molecule has 1 aliphatic carbocycles. The number of allylic oxidation sites excluding steroid dienone is 1. The summed E-state index contributed by atoms with van der Waals surface area (Å²) in [5.74, 6) is -0.0437. The summed E-state index contributed by atoms with van der Waals surface area (Å²) in [4.78, 5) is 17.8. The average Bonchev–Trinajstić information content (AvgIpc) is 2.67. The van der Waals surface area contributed by atoms with Gasteiger partial charge in [-0.2, -0.15) is 0 Å². The number of hydrogen-bond acceptors (Lipinski definition) is 3. The fourth-order valence-corrected chi connectivity index (χ4v) is 3.79. The van der Waals surface area contributed by atoms with Gasteiger partial charge < -0.3 is 5.11 Å². The fraction of sp³-hybridized carbons (Fsp3) is 0.200. The van der Waals surface area contributed by atoms with Crippen LogP contribution in [-0.4, -0.2) is 16.6 Å². The SMILES string of the molecule is CC1(C)CC(=O)C(=C(O)c2ccccc2)C(=Nc2ccc3ccccc3c2)C1. The topological polar surface area (TPSA) is 49.7 Å². The van der Waals surface area contributed by atoms with Crippen molar-refractivity contribution in [1.82, 2.24) is 0 Å². The number of carbonyl (C=O) groups excluding carboxylic acids is 1. The summed E-state index contributed by atoms with van der Waals surface area (Å²) in [6.07, 6.45) is 1.04. The smallest absolute Gasteiger partial charge is 0.169 e. The van der Waals surface area contributed by atoms with Gasteiger partial charge in [-0.05, 0) is 34.7 Å². The van der Waals surface area contributed by atoms with E-state index in [1.807, 2.05) is 66.7 Å². The Labute approximate surface area is 165 Å². The second kappa shape index (κ2) is 7.08. The van der Waals surface area contributed by atoms with E-state index >= 15 is 0 Å². The molecular formula is C25H23NO2. The molecule has 3 aromatic rings. The molecule has 0 unspecified atom stereocenters. The molecule has 0 radical (unpaired) electrons. The van der Waals surface area contributed by atoms with Crippen LogP contribution in [0.4, 0.5) is 5.69 Å². The lowest BCUT2D eigenvalue weighted by atomic mass is 9.73. The molecule has 28 heavy (non-hydrogen) atoms. The highest BCUT2D eigenvalue weighted by molar-refractivity contribution is 6.28. The Morgan fingerprint density at radius 3 is 2.32 bits per heavy atom. The zero-order valence-electron chi connectivity index (χ0n) is 16.1. The first-order valence-corrected chi connectivity index (χ1v) is 9.52. The number of ketones is 1. The maximum Gasteiger partial charge on any atom is 0.169 e. The highest BCUT2D eigenvalue weighted by atomic mass is 16.3. The number of rotatable bonds is 2. The highest BCUT2D eigenvalue weighted by Gasteiger charge is 2.36. The minimum Gasteiger partial charge on any atom is -0.506 e. The van der Waals surface area contributed by atoms with Gasteiger partial charge in [-0.1, -0.05) is 74.5 Å². The molecule has 0 heterocycles. The molecule has 4 rings (SSSR count). The van der Waals surface area contributed by atoms with Crippen molar-refractivity contribution in [3.63, 3.8) is 0 Å². The Morgan fingerprint density at radius 2 is 1.57 bits per heavy atom. The number of aliphatic hydroxyl groups is 1. The number of aliphatic imine (C=N–C) groups is 1. The zero-order valence-corrected chi connectivity index (χ0v) is 16.1. The normalized spacial score (nSPS) is 19.8. The molecule has 3 heteroatoms. The highest BCUT2D eigenvalue weighted by Crippen LogP contribution is 2.38. The van der Waals surface area contributed by atoms with Crippen LogP contribution >= 0.6 is 0 Å². The van der Waals surface area contributed by atoms with Crippen LogP contribution in [0.2, 0.25) is 0 Å². The van der Waals surface area contributed by atoms with Gasteiger partial charge >= 0.3 is 0 Å². The van der Waals surface area contributed by atoms with Gasteiger partial charge in [0.2, 0.25) is 0 Å². The number of carbonyl (C=O) groups is 1. The van der Waals surface area contributed by atoms with Crippen molar-refractivity contribution in [2.24, 2.45) is 10.4 Å². The van der Waals surface area contributed by atoms with E-state index in [2.05, 4.69) is 19.9 Å². The van der Waals surface area contributed by atoms with Gasteiger partial charge in [0.1, 0.15) is 5.76 Å². The van der Waals surface area contributed by atoms with Gasteiger partial charge in [-0.3, -0.25) is 9.79 Å². The van der Waals surface area contributed by atoms with Crippen LogP contribution in [0.3, 0.4) is 0 Å². The summed E-state index contributed by atoms with van der Waals surface area (Å²) in [6, 6.07) is 23.3. The van der Waals surface area contributed by atoms with Crippen molar-refractivity contribution in [3.8, 4) is 0 Å². The molecule has 140 valence electrons. The van der Waals surface area contributed by atoms with Crippen LogP contribution in [0.1, 0.15) is 32.3 Å². The lowest BCUT2D eigenvalue weighted by molar-refractivity contribution is -0.117. The number of nitrogens with zero attached hydrogens (tertiary/aromatic N) is 1. The first-order chi connectivity index (χ1) is 13.4. The van der Waals surface area contributed by atoms with Gasteiger partial charge in [0.15, 0.2) is 5.78 Å². The van der Waals surface area contributed by atoms with Crippen LogP contribution < -0.4 is 0 Å². The predicted molar refractivity (Wildman–Crippen MR) is 115 cm³/mol. The molecule has 1 N–H and O–H groups in total.